The fourth-order valence-electron chi connectivity index (χ4n) is 5.24. The molecule has 0 aromatic heterocycles. The number of rotatable bonds is 4. The molecule has 2 saturated heterocycles. The van der Waals surface area contributed by atoms with Gasteiger partial charge in [0.05, 0.1) is 18.2 Å². The van der Waals surface area contributed by atoms with Crippen LogP contribution in [0.2, 0.25) is 0 Å². The lowest BCUT2D eigenvalue weighted by atomic mass is 9.82. The zero-order valence-electron chi connectivity index (χ0n) is 16.3. The Bertz CT molecular complexity index is 671. The largest absolute Gasteiger partial charge is 0.339 e. The lowest BCUT2D eigenvalue weighted by Crippen LogP contribution is -2.45. The van der Waals surface area contributed by atoms with Crippen molar-refractivity contribution in [3.63, 3.8) is 0 Å². The lowest BCUT2D eigenvalue weighted by Gasteiger charge is -2.35. The van der Waals surface area contributed by atoms with Gasteiger partial charge in [0.2, 0.25) is 11.8 Å². The number of para-hydroxylation sites is 1. The van der Waals surface area contributed by atoms with Crippen LogP contribution in [-0.4, -0.2) is 47.9 Å². The second-order valence-corrected chi connectivity index (χ2v) is 8.38. The van der Waals surface area contributed by atoms with Crippen LogP contribution in [0.5, 0.6) is 0 Å². The number of carbonyl (C=O) groups is 2. The van der Waals surface area contributed by atoms with E-state index >= 15 is 0 Å². The zero-order valence-corrected chi connectivity index (χ0v) is 16.3. The molecule has 2 aliphatic heterocycles. The van der Waals surface area contributed by atoms with Crippen molar-refractivity contribution in [3.05, 3.63) is 30.3 Å². The Balaban J connectivity index is 1.42. The molecule has 5 heteroatoms. The number of hydrogen-bond donors (Lipinski definition) is 0. The van der Waals surface area contributed by atoms with Crippen LogP contribution < -0.4 is 5.01 Å². The maximum Gasteiger partial charge on any atom is 0.241 e. The number of hydrazine groups is 1. The van der Waals surface area contributed by atoms with Gasteiger partial charge in [-0.1, -0.05) is 37.5 Å². The summed E-state index contributed by atoms with van der Waals surface area (Å²) in [6.07, 6.45) is 9.08. The summed E-state index contributed by atoms with van der Waals surface area (Å²) in [5.74, 6) is 0.728. The third-order valence-electron chi connectivity index (χ3n) is 6.72. The standard InChI is InChI=1S/C22H31N3O2/c1-23(19-11-6-3-7-12-19)25-16-18(15-21(25)26)22(27)24-14-8-13-20(24)17-9-4-2-5-10-17/h3,6-7,11-12,17-18,20H,2,4-5,8-10,13-16H2,1H3. The van der Waals surface area contributed by atoms with Crippen molar-refractivity contribution < 1.29 is 9.59 Å². The van der Waals surface area contributed by atoms with Gasteiger partial charge in [0, 0.05) is 26.1 Å². The molecular formula is C22H31N3O2. The number of amides is 2. The molecule has 3 aliphatic rings. The monoisotopic (exact) mass is 369 g/mol. The molecule has 2 amide bonds. The van der Waals surface area contributed by atoms with Gasteiger partial charge >= 0.3 is 0 Å². The number of nitrogens with zero attached hydrogens (tertiary/aromatic N) is 3. The number of hydrogen-bond acceptors (Lipinski definition) is 3. The normalized spacial score (nSPS) is 26.6. The van der Waals surface area contributed by atoms with Crippen molar-refractivity contribution in [1.82, 2.24) is 9.91 Å². The summed E-state index contributed by atoms with van der Waals surface area (Å²) >= 11 is 0. The molecule has 4 rings (SSSR count). The van der Waals surface area contributed by atoms with Crippen LogP contribution in [0.3, 0.4) is 0 Å². The number of likely N-dealkylation sites (tertiary alicyclic amines) is 1. The second kappa shape index (κ2) is 7.91. The van der Waals surface area contributed by atoms with E-state index in [0.717, 1.165) is 25.1 Å². The van der Waals surface area contributed by atoms with Crippen LogP contribution in [0.15, 0.2) is 30.3 Å². The lowest BCUT2D eigenvalue weighted by molar-refractivity contribution is -0.137. The van der Waals surface area contributed by atoms with Crippen LogP contribution in [0.1, 0.15) is 51.4 Å². The van der Waals surface area contributed by atoms with Crippen molar-refractivity contribution in [2.45, 2.75) is 57.4 Å². The smallest absolute Gasteiger partial charge is 0.241 e. The average Bonchev–Trinajstić information content (AvgIpc) is 3.35. The first-order valence-corrected chi connectivity index (χ1v) is 10.5. The highest BCUT2D eigenvalue weighted by Gasteiger charge is 2.42. The first kappa shape index (κ1) is 18.3. The Kier molecular flexibility index (Phi) is 5.37. The maximum atomic E-state index is 13.3. The molecule has 1 saturated carbocycles. The number of anilines is 1. The topological polar surface area (TPSA) is 43.9 Å². The Morgan fingerprint density at radius 1 is 1.04 bits per heavy atom. The van der Waals surface area contributed by atoms with Gasteiger partial charge in [-0.2, -0.15) is 0 Å². The predicted molar refractivity (Wildman–Crippen MR) is 106 cm³/mol. The molecule has 0 N–H and O–H groups in total. The van der Waals surface area contributed by atoms with Crippen molar-refractivity contribution in [2.24, 2.45) is 11.8 Å². The number of benzene rings is 1. The van der Waals surface area contributed by atoms with Gasteiger partial charge in [-0.3, -0.25) is 19.6 Å². The SMILES string of the molecule is CN(c1ccccc1)N1CC(C(=O)N2CCCC2C2CCCCC2)CC1=O. The molecule has 1 aromatic carbocycles. The van der Waals surface area contributed by atoms with Crippen molar-refractivity contribution in [1.29, 1.82) is 0 Å². The minimum absolute atomic E-state index is 0.0492. The van der Waals surface area contributed by atoms with Crippen LogP contribution in [0, 0.1) is 11.8 Å². The molecule has 2 atom stereocenters. The molecule has 0 spiro atoms. The third-order valence-corrected chi connectivity index (χ3v) is 6.72. The van der Waals surface area contributed by atoms with Crippen LogP contribution in [0.25, 0.3) is 0 Å². The first-order valence-electron chi connectivity index (χ1n) is 10.5. The minimum Gasteiger partial charge on any atom is -0.339 e. The second-order valence-electron chi connectivity index (χ2n) is 8.38. The summed E-state index contributed by atoms with van der Waals surface area (Å²) in [6.45, 7) is 1.37. The van der Waals surface area contributed by atoms with Gasteiger partial charge in [-0.05, 0) is 43.7 Å². The Morgan fingerprint density at radius 2 is 1.78 bits per heavy atom. The van der Waals surface area contributed by atoms with E-state index in [9.17, 15) is 9.59 Å². The quantitative estimate of drug-likeness (QED) is 0.816. The van der Waals surface area contributed by atoms with Crippen LogP contribution in [-0.2, 0) is 9.59 Å². The highest BCUT2D eigenvalue weighted by molar-refractivity contribution is 5.90. The number of carbonyl (C=O) groups excluding carboxylic acids is 2. The van der Waals surface area contributed by atoms with E-state index in [4.69, 9.17) is 0 Å². The highest BCUT2D eigenvalue weighted by Crippen LogP contribution is 2.36. The Labute approximate surface area is 162 Å². The molecule has 146 valence electrons. The Hall–Kier alpha value is -2.04. The van der Waals surface area contributed by atoms with E-state index in [-0.39, 0.29) is 17.7 Å². The van der Waals surface area contributed by atoms with E-state index in [2.05, 4.69) is 4.90 Å². The summed E-state index contributed by atoms with van der Waals surface area (Å²) in [5, 5.41) is 3.63. The van der Waals surface area contributed by atoms with Gasteiger partial charge in [-0.25, -0.2) is 0 Å². The van der Waals surface area contributed by atoms with Crippen LogP contribution in [0.4, 0.5) is 5.69 Å². The molecule has 1 aromatic rings. The van der Waals surface area contributed by atoms with E-state index < -0.39 is 0 Å². The predicted octanol–water partition coefficient (Wildman–Crippen LogP) is 3.46. The van der Waals surface area contributed by atoms with Gasteiger partial charge in [-0.15, -0.1) is 0 Å². The highest BCUT2D eigenvalue weighted by atomic mass is 16.2. The van der Waals surface area contributed by atoms with E-state index in [1.54, 1.807) is 5.01 Å². The summed E-state index contributed by atoms with van der Waals surface area (Å²) in [6, 6.07) is 10.3. The molecule has 0 radical (unpaired) electrons. The van der Waals surface area contributed by atoms with Crippen molar-refractivity contribution in [3.8, 4) is 0 Å². The third kappa shape index (κ3) is 3.69. The van der Waals surface area contributed by atoms with Crippen molar-refractivity contribution >= 4 is 17.5 Å². The Morgan fingerprint density at radius 3 is 2.52 bits per heavy atom. The van der Waals surface area contributed by atoms with E-state index in [1.165, 1.54) is 32.1 Å². The summed E-state index contributed by atoms with van der Waals surface area (Å²) in [7, 11) is 1.90. The molecular weight excluding hydrogens is 338 g/mol. The molecule has 0 bridgehead atoms. The molecule has 27 heavy (non-hydrogen) atoms. The van der Waals surface area contributed by atoms with E-state index in [0.29, 0.717) is 24.9 Å². The molecule has 3 fully saturated rings. The van der Waals surface area contributed by atoms with Gasteiger partial charge < -0.3 is 4.90 Å². The van der Waals surface area contributed by atoms with Gasteiger partial charge in [0.15, 0.2) is 0 Å². The van der Waals surface area contributed by atoms with Crippen molar-refractivity contribution in [2.75, 3.05) is 25.1 Å². The molecule has 1 aliphatic carbocycles. The fraction of sp³-hybridized carbons (Fsp3) is 0.636. The molecule has 5 nitrogen and oxygen atoms in total. The minimum atomic E-state index is -0.201. The van der Waals surface area contributed by atoms with E-state index in [1.807, 2.05) is 42.4 Å². The molecule has 2 unspecified atom stereocenters. The average molecular weight is 370 g/mol. The maximum absolute atomic E-state index is 13.3. The van der Waals surface area contributed by atoms with Gasteiger partial charge in [0.25, 0.3) is 0 Å². The fourth-order valence-corrected chi connectivity index (χ4v) is 5.24. The van der Waals surface area contributed by atoms with Gasteiger partial charge in [0.1, 0.15) is 0 Å². The van der Waals surface area contributed by atoms with Crippen LogP contribution >= 0.6 is 0 Å². The molecule has 2 heterocycles. The summed E-state index contributed by atoms with van der Waals surface area (Å²) < 4.78 is 0. The first-order chi connectivity index (χ1) is 13.1. The summed E-state index contributed by atoms with van der Waals surface area (Å²) in [5.41, 5.74) is 0.972. The zero-order chi connectivity index (χ0) is 18.8. The summed E-state index contributed by atoms with van der Waals surface area (Å²) in [4.78, 5) is 28.0.